The quantitative estimate of drug-likeness (QED) is 0.800. The molecule has 2 aromatic rings. The van der Waals surface area contributed by atoms with Crippen LogP contribution in [0.15, 0.2) is 28.8 Å². The number of amides is 1. The van der Waals surface area contributed by atoms with Crippen molar-refractivity contribution in [2.24, 2.45) is 5.92 Å². The highest BCUT2D eigenvalue weighted by Crippen LogP contribution is 2.24. The van der Waals surface area contributed by atoms with E-state index in [-0.39, 0.29) is 11.8 Å². The summed E-state index contributed by atoms with van der Waals surface area (Å²) in [5.41, 5.74) is 2.29. The van der Waals surface area contributed by atoms with Crippen LogP contribution in [0.5, 0.6) is 0 Å². The first-order valence-corrected chi connectivity index (χ1v) is 11.2. The largest absolute Gasteiger partial charge is 0.353 e. The van der Waals surface area contributed by atoms with E-state index in [4.69, 9.17) is 4.52 Å². The zero-order valence-corrected chi connectivity index (χ0v) is 17.4. The van der Waals surface area contributed by atoms with Crippen LogP contribution in [-0.4, -0.2) is 40.1 Å². The second kappa shape index (κ2) is 9.53. The predicted molar refractivity (Wildman–Crippen MR) is 112 cm³/mol. The van der Waals surface area contributed by atoms with Gasteiger partial charge in [-0.1, -0.05) is 55.6 Å². The van der Waals surface area contributed by atoms with Gasteiger partial charge in [-0.25, -0.2) is 0 Å². The molecule has 0 unspecified atom stereocenters. The Balaban J connectivity index is 1.24. The number of aryl methyl sites for hydroxylation is 1. The number of nitrogens with one attached hydrogen (secondary N) is 1. The number of rotatable bonds is 6. The molecule has 6 heteroatoms. The SMILES string of the molecule is CCc1ccc(-c2noc(CN3CCC(NC(=O)C4CCCCC4)CC3)n2)cc1. The highest BCUT2D eigenvalue weighted by atomic mass is 16.5. The number of aromatic nitrogens is 2. The molecular formula is C23H32N4O2. The molecule has 2 aliphatic rings. The fourth-order valence-corrected chi connectivity index (χ4v) is 4.44. The molecular weight excluding hydrogens is 364 g/mol. The number of hydrogen-bond donors (Lipinski definition) is 1. The monoisotopic (exact) mass is 396 g/mol. The number of carbonyl (C=O) groups is 1. The van der Waals surface area contributed by atoms with Crippen molar-refractivity contribution in [2.75, 3.05) is 13.1 Å². The van der Waals surface area contributed by atoms with Crippen LogP contribution in [0.25, 0.3) is 11.4 Å². The maximum absolute atomic E-state index is 12.5. The molecule has 6 nitrogen and oxygen atoms in total. The van der Waals surface area contributed by atoms with Crippen LogP contribution >= 0.6 is 0 Å². The second-order valence-electron chi connectivity index (χ2n) is 8.46. The van der Waals surface area contributed by atoms with Gasteiger partial charge in [0.15, 0.2) is 0 Å². The molecule has 156 valence electrons. The molecule has 1 aliphatic heterocycles. The number of piperidine rings is 1. The van der Waals surface area contributed by atoms with Crippen molar-refractivity contribution in [3.05, 3.63) is 35.7 Å². The highest BCUT2D eigenvalue weighted by Gasteiger charge is 2.26. The smallest absolute Gasteiger partial charge is 0.241 e. The molecule has 1 N–H and O–H groups in total. The Morgan fingerprint density at radius 3 is 2.52 bits per heavy atom. The van der Waals surface area contributed by atoms with E-state index in [1.807, 2.05) is 12.1 Å². The number of benzene rings is 1. The number of carbonyl (C=O) groups excluding carboxylic acids is 1. The fraction of sp³-hybridized carbons (Fsp3) is 0.609. The van der Waals surface area contributed by atoms with Crippen molar-refractivity contribution in [1.82, 2.24) is 20.4 Å². The van der Waals surface area contributed by atoms with Crippen LogP contribution in [0.2, 0.25) is 0 Å². The van der Waals surface area contributed by atoms with Crippen molar-refractivity contribution in [3.63, 3.8) is 0 Å². The normalized spacial score (nSPS) is 19.3. The van der Waals surface area contributed by atoms with Crippen molar-refractivity contribution in [3.8, 4) is 11.4 Å². The van der Waals surface area contributed by atoms with Crippen LogP contribution in [0.3, 0.4) is 0 Å². The molecule has 1 saturated carbocycles. The lowest BCUT2D eigenvalue weighted by atomic mass is 9.88. The summed E-state index contributed by atoms with van der Waals surface area (Å²) >= 11 is 0. The summed E-state index contributed by atoms with van der Waals surface area (Å²) in [7, 11) is 0. The minimum atomic E-state index is 0.241. The average molecular weight is 397 g/mol. The maximum Gasteiger partial charge on any atom is 0.241 e. The van der Waals surface area contributed by atoms with Gasteiger partial charge in [0.1, 0.15) is 0 Å². The van der Waals surface area contributed by atoms with Gasteiger partial charge in [-0.05, 0) is 37.7 Å². The zero-order chi connectivity index (χ0) is 20.1. The van der Waals surface area contributed by atoms with E-state index < -0.39 is 0 Å². The molecule has 2 heterocycles. The van der Waals surface area contributed by atoms with Gasteiger partial charge in [0.05, 0.1) is 6.54 Å². The zero-order valence-electron chi connectivity index (χ0n) is 17.4. The minimum Gasteiger partial charge on any atom is -0.353 e. The Kier molecular flexibility index (Phi) is 6.60. The molecule has 1 aromatic carbocycles. The lowest BCUT2D eigenvalue weighted by molar-refractivity contribution is -0.127. The molecule has 0 atom stereocenters. The van der Waals surface area contributed by atoms with E-state index >= 15 is 0 Å². The third-order valence-corrected chi connectivity index (χ3v) is 6.36. The Morgan fingerprint density at radius 2 is 1.83 bits per heavy atom. The summed E-state index contributed by atoms with van der Waals surface area (Å²) in [6.07, 6.45) is 8.79. The van der Waals surface area contributed by atoms with E-state index in [2.05, 4.69) is 39.4 Å². The Labute approximate surface area is 173 Å². The van der Waals surface area contributed by atoms with Gasteiger partial charge in [0.2, 0.25) is 17.6 Å². The number of nitrogens with zero attached hydrogens (tertiary/aromatic N) is 3. The van der Waals surface area contributed by atoms with Crippen LogP contribution in [0, 0.1) is 5.92 Å². The minimum absolute atomic E-state index is 0.241. The van der Waals surface area contributed by atoms with Crippen molar-refractivity contribution in [1.29, 1.82) is 0 Å². The second-order valence-corrected chi connectivity index (χ2v) is 8.46. The molecule has 1 saturated heterocycles. The van der Waals surface area contributed by atoms with Gasteiger partial charge < -0.3 is 9.84 Å². The van der Waals surface area contributed by atoms with Crippen molar-refractivity contribution >= 4 is 5.91 Å². The summed E-state index contributed by atoms with van der Waals surface area (Å²) in [6.45, 7) is 4.70. The van der Waals surface area contributed by atoms with Crippen molar-refractivity contribution < 1.29 is 9.32 Å². The molecule has 0 radical (unpaired) electrons. The van der Waals surface area contributed by atoms with E-state index in [1.165, 1.54) is 24.8 Å². The van der Waals surface area contributed by atoms with Gasteiger partial charge in [-0.3, -0.25) is 9.69 Å². The third-order valence-electron chi connectivity index (χ3n) is 6.36. The van der Waals surface area contributed by atoms with Gasteiger partial charge >= 0.3 is 0 Å². The van der Waals surface area contributed by atoms with Gasteiger partial charge in [0, 0.05) is 30.6 Å². The highest BCUT2D eigenvalue weighted by molar-refractivity contribution is 5.79. The molecule has 0 bridgehead atoms. The molecule has 29 heavy (non-hydrogen) atoms. The van der Waals surface area contributed by atoms with E-state index in [1.54, 1.807) is 0 Å². The molecule has 2 fully saturated rings. The molecule has 1 amide bonds. The van der Waals surface area contributed by atoms with E-state index in [0.29, 0.717) is 24.3 Å². The first kappa shape index (κ1) is 20.1. The summed E-state index contributed by atoms with van der Waals surface area (Å²) in [5.74, 6) is 1.82. The summed E-state index contributed by atoms with van der Waals surface area (Å²) in [6, 6.07) is 8.62. The molecule has 1 aliphatic carbocycles. The van der Waals surface area contributed by atoms with Gasteiger partial charge in [0.25, 0.3) is 0 Å². The Bertz CT molecular complexity index is 787. The first-order valence-electron chi connectivity index (χ1n) is 11.2. The third kappa shape index (κ3) is 5.24. The molecule has 4 rings (SSSR count). The summed E-state index contributed by atoms with van der Waals surface area (Å²) in [4.78, 5) is 19.4. The average Bonchev–Trinajstić information content (AvgIpc) is 3.24. The standard InChI is InChI=1S/C23H32N4O2/c1-2-17-8-10-18(11-9-17)22-25-21(29-26-22)16-27-14-12-20(13-15-27)24-23(28)19-6-4-3-5-7-19/h8-11,19-20H,2-7,12-16H2,1H3,(H,24,28). The topological polar surface area (TPSA) is 71.3 Å². The fourth-order valence-electron chi connectivity index (χ4n) is 4.44. The van der Waals surface area contributed by atoms with Gasteiger partial charge in [-0.2, -0.15) is 4.98 Å². The molecule has 0 spiro atoms. The van der Waals surface area contributed by atoms with E-state index in [9.17, 15) is 4.79 Å². The Hall–Kier alpha value is -2.21. The Morgan fingerprint density at radius 1 is 1.10 bits per heavy atom. The number of likely N-dealkylation sites (tertiary alicyclic amines) is 1. The predicted octanol–water partition coefficient (Wildman–Crippen LogP) is 3.96. The number of hydrogen-bond acceptors (Lipinski definition) is 5. The first-order chi connectivity index (χ1) is 14.2. The summed E-state index contributed by atoms with van der Waals surface area (Å²) in [5, 5.41) is 7.43. The van der Waals surface area contributed by atoms with Crippen LogP contribution < -0.4 is 5.32 Å². The van der Waals surface area contributed by atoms with E-state index in [0.717, 1.165) is 50.8 Å². The molecule has 1 aromatic heterocycles. The van der Waals surface area contributed by atoms with Crippen molar-refractivity contribution in [2.45, 2.75) is 70.9 Å². The lowest BCUT2D eigenvalue weighted by Crippen LogP contribution is -2.46. The van der Waals surface area contributed by atoms with Crippen LogP contribution in [-0.2, 0) is 17.8 Å². The van der Waals surface area contributed by atoms with Gasteiger partial charge in [-0.15, -0.1) is 0 Å². The maximum atomic E-state index is 12.5. The lowest BCUT2D eigenvalue weighted by Gasteiger charge is -2.32. The van der Waals surface area contributed by atoms with Crippen LogP contribution in [0.4, 0.5) is 0 Å². The summed E-state index contributed by atoms with van der Waals surface area (Å²) < 4.78 is 5.48. The van der Waals surface area contributed by atoms with Crippen LogP contribution in [0.1, 0.15) is 63.3 Å².